The number of anilines is 1. The summed E-state index contributed by atoms with van der Waals surface area (Å²) in [4.78, 5) is 2.52. The third-order valence-electron chi connectivity index (χ3n) is 3.95. The molecule has 100 valence electrons. The first-order valence-electron chi connectivity index (χ1n) is 6.94. The molecule has 0 bridgehead atoms. The molecule has 2 atom stereocenters. The summed E-state index contributed by atoms with van der Waals surface area (Å²) in [5.74, 6) is 0.737. The van der Waals surface area contributed by atoms with Crippen molar-refractivity contribution in [3.05, 3.63) is 28.7 Å². The predicted octanol–water partition coefficient (Wildman–Crippen LogP) is 3.66. The topological polar surface area (TPSA) is 15.3 Å². The summed E-state index contributed by atoms with van der Waals surface area (Å²) in [5, 5.41) is 3.69. The van der Waals surface area contributed by atoms with Gasteiger partial charge in [-0.25, -0.2) is 0 Å². The molecule has 1 aromatic carbocycles. The summed E-state index contributed by atoms with van der Waals surface area (Å²) in [5.41, 5.74) is 1.34. The summed E-state index contributed by atoms with van der Waals surface area (Å²) in [7, 11) is 0. The number of hydrogen-bond acceptors (Lipinski definition) is 2. The fourth-order valence-electron chi connectivity index (χ4n) is 2.50. The predicted molar refractivity (Wildman–Crippen MR) is 82.2 cm³/mol. The second-order valence-electron chi connectivity index (χ2n) is 5.22. The van der Waals surface area contributed by atoms with Gasteiger partial charge in [0.1, 0.15) is 0 Å². The summed E-state index contributed by atoms with van der Waals surface area (Å²) < 4.78 is 1.15. The van der Waals surface area contributed by atoms with Gasteiger partial charge in [0, 0.05) is 29.3 Å². The van der Waals surface area contributed by atoms with Crippen molar-refractivity contribution < 1.29 is 0 Å². The summed E-state index contributed by atoms with van der Waals surface area (Å²) in [6, 6.07) is 9.30. The van der Waals surface area contributed by atoms with Gasteiger partial charge in [0.15, 0.2) is 0 Å². The molecule has 2 rings (SSSR count). The molecule has 0 saturated carbocycles. The lowest BCUT2D eigenvalue weighted by Crippen LogP contribution is -2.42. The number of benzene rings is 1. The monoisotopic (exact) mass is 310 g/mol. The number of hydrogen-bond donors (Lipinski definition) is 1. The average molecular weight is 311 g/mol. The van der Waals surface area contributed by atoms with Gasteiger partial charge in [-0.05, 0) is 43.1 Å². The Morgan fingerprint density at radius 3 is 2.78 bits per heavy atom. The van der Waals surface area contributed by atoms with E-state index in [-0.39, 0.29) is 0 Å². The highest BCUT2D eigenvalue weighted by Crippen LogP contribution is 2.21. The van der Waals surface area contributed by atoms with E-state index in [1.807, 2.05) is 0 Å². The maximum absolute atomic E-state index is 3.69. The Bertz CT molecular complexity index is 363. The van der Waals surface area contributed by atoms with Crippen LogP contribution in [0.25, 0.3) is 0 Å². The standard InChI is InChI=1S/C15H23BrN2/c1-3-12(2)15-11-18(10-4-9-17-15)14-7-5-13(16)6-8-14/h5-8,12,15,17H,3-4,9-11H2,1-2H3. The first-order chi connectivity index (χ1) is 8.70. The van der Waals surface area contributed by atoms with Crippen molar-refractivity contribution in [3.63, 3.8) is 0 Å². The molecular formula is C15H23BrN2. The van der Waals surface area contributed by atoms with Crippen LogP contribution >= 0.6 is 15.9 Å². The lowest BCUT2D eigenvalue weighted by molar-refractivity contribution is 0.384. The van der Waals surface area contributed by atoms with Crippen molar-refractivity contribution in [2.45, 2.75) is 32.7 Å². The number of nitrogens with zero attached hydrogens (tertiary/aromatic N) is 1. The molecule has 1 heterocycles. The fraction of sp³-hybridized carbons (Fsp3) is 0.600. The molecule has 1 aliphatic rings. The van der Waals surface area contributed by atoms with Crippen LogP contribution < -0.4 is 10.2 Å². The minimum Gasteiger partial charge on any atom is -0.370 e. The van der Waals surface area contributed by atoms with Crippen molar-refractivity contribution in [2.24, 2.45) is 5.92 Å². The van der Waals surface area contributed by atoms with E-state index in [1.54, 1.807) is 0 Å². The Morgan fingerprint density at radius 2 is 2.11 bits per heavy atom. The Labute approximate surface area is 119 Å². The molecule has 0 amide bonds. The molecule has 18 heavy (non-hydrogen) atoms. The van der Waals surface area contributed by atoms with Gasteiger partial charge < -0.3 is 10.2 Å². The van der Waals surface area contributed by atoms with E-state index in [1.165, 1.54) is 18.5 Å². The van der Waals surface area contributed by atoms with Gasteiger partial charge in [0.05, 0.1) is 0 Å². The van der Waals surface area contributed by atoms with Crippen LogP contribution in [0.4, 0.5) is 5.69 Å². The molecule has 1 N–H and O–H groups in total. The van der Waals surface area contributed by atoms with Crippen LogP contribution in [-0.2, 0) is 0 Å². The Hall–Kier alpha value is -0.540. The van der Waals surface area contributed by atoms with Gasteiger partial charge in [-0.3, -0.25) is 0 Å². The average Bonchev–Trinajstić information content (AvgIpc) is 2.64. The maximum Gasteiger partial charge on any atom is 0.0367 e. The molecule has 0 aromatic heterocycles. The fourth-order valence-corrected chi connectivity index (χ4v) is 2.77. The zero-order valence-electron chi connectivity index (χ0n) is 11.3. The number of halogens is 1. The van der Waals surface area contributed by atoms with Crippen LogP contribution in [-0.4, -0.2) is 25.7 Å². The normalized spacial score (nSPS) is 22.6. The van der Waals surface area contributed by atoms with Crippen molar-refractivity contribution in [2.75, 3.05) is 24.5 Å². The zero-order chi connectivity index (χ0) is 13.0. The van der Waals surface area contributed by atoms with Crippen LogP contribution in [0.2, 0.25) is 0 Å². The second kappa shape index (κ2) is 6.58. The molecule has 0 radical (unpaired) electrons. The van der Waals surface area contributed by atoms with Crippen molar-refractivity contribution in [1.82, 2.24) is 5.32 Å². The van der Waals surface area contributed by atoms with Crippen molar-refractivity contribution >= 4 is 21.6 Å². The van der Waals surface area contributed by atoms with Gasteiger partial charge in [0.25, 0.3) is 0 Å². The maximum atomic E-state index is 3.69. The molecule has 0 aliphatic carbocycles. The van der Waals surface area contributed by atoms with E-state index in [4.69, 9.17) is 0 Å². The van der Waals surface area contributed by atoms with E-state index in [0.29, 0.717) is 6.04 Å². The second-order valence-corrected chi connectivity index (χ2v) is 6.14. The van der Waals surface area contributed by atoms with E-state index in [0.717, 1.165) is 30.0 Å². The van der Waals surface area contributed by atoms with Gasteiger partial charge in [-0.2, -0.15) is 0 Å². The summed E-state index contributed by atoms with van der Waals surface area (Å²) >= 11 is 3.50. The number of rotatable bonds is 3. The van der Waals surface area contributed by atoms with Crippen molar-refractivity contribution in [3.8, 4) is 0 Å². The summed E-state index contributed by atoms with van der Waals surface area (Å²) in [6.07, 6.45) is 2.47. The summed E-state index contributed by atoms with van der Waals surface area (Å²) in [6.45, 7) is 8.05. The van der Waals surface area contributed by atoms with Gasteiger partial charge in [0.2, 0.25) is 0 Å². The van der Waals surface area contributed by atoms with Crippen molar-refractivity contribution in [1.29, 1.82) is 0 Å². The van der Waals surface area contributed by atoms with E-state index < -0.39 is 0 Å². The first kappa shape index (κ1) is 13.9. The molecule has 3 heteroatoms. The molecule has 0 spiro atoms. The lowest BCUT2D eigenvalue weighted by Gasteiger charge is -2.29. The van der Waals surface area contributed by atoms with Gasteiger partial charge in [-0.15, -0.1) is 0 Å². The van der Waals surface area contributed by atoms with Crippen LogP contribution in [0.15, 0.2) is 28.7 Å². The minimum atomic E-state index is 0.612. The zero-order valence-corrected chi connectivity index (χ0v) is 12.9. The lowest BCUT2D eigenvalue weighted by atomic mass is 9.99. The third kappa shape index (κ3) is 3.48. The molecular weight excluding hydrogens is 288 g/mol. The van der Waals surface area contributed by atoms with Crippen LogP contribution in [0.1, 0.15) is 26.7 Å². The molecule has 1 aromatic rings. The Morgan fingerprint density at radius 1 is 1.39 bits per heavy atom. The molecule has 1 fully saturated rings. The third-order valence-corrected chi connectivity index (χ3v) is 4.48. The van der Waals surface area contributed by atoms with Crippen LogP contribution in [0.3, 0.4) is 0 Å². The highest BCUT2D eigenvalue weighted by Gasteiger charge is 2.21. The minimum absolute atomic E-state index is 0.612. The van der Waals surface area contributed by atoms with E-state index >= 15 is 0 Å². The molecule has 1 aliphatic heterocycles. The molecule has 2 nitrogen and oxygen atoms in total. The highest BCUT2D eigenvalue weighted by atomic mass is 79.9. The van der Waals surface area contributed by atoms with E-state index in [2.05, 4.69) is 64.3 Å². The SMILES string of the molecule is CCC(C)C1CN(c2ccc(Br)cc2)CCCN1. The Kier molecular flexibility index (Phi) is 5.07. The molecule has 2 unspecified atom stereocenters. The van der Waals surface area contributed by atoms with Crippen LogP contribution in [0.5, 0.6) is 0 Å². The Balaban J connectivity index is 2.09. The van der Waals surface area contributed by atoms with Gasteiger partial charge in [-0.1, -0.05) is 36.2 Å². The first-order valence-corrected chi connectivity index (χ1v) is 7.74. The largest absolute Gasteiger partial charge is 0.370 e. The molecule has 1 saturated heterocycles. The van der Waals surface area contributed by atoms with Crippen LogP contribution in [0, 0.1) is 5.92 Å². The quantitative estimate of drug-likeness (QED) is 0.916. The highest BCUT2D eigenvalue weighted by molar-refractivity contribution is 9.10. The van der Waals surface area contributed by atoms with E-state index in [9.17, 15) is 0 Å². The van der Waals surface area contributed by atoms with Gasteiger partial charge >= 0.3 is 0 Å². The number of nitrogens with one attached hydrogen (secondary N) is 1. The smallest absolute Gasteiger partial charge is 0.0367 e.